The van der Waals surface area contributed by atoms with E-state index in [-0.39, 0.29) is 0 Å². The van der Waals surface area contributed by atoms with Crippen molar-refractivity contribution < 1.29 is 0 Å². The van der Waals surface area contributed by atoms with Gasteiger partial charge in [-0.3, -0.25) is 0 Å². The molecule has 0 aliphatic rings. The molecule has 0 radical (unpaired) electrons. The summed E-state index contributed by atoms with van der Waals surface area (Å²) in [6.07, 6.45) is 1.19. The number of rotatable bonds is 1. The lowest BCUT2D eigenvalue weighted by Gasteiger charge is -2.17. The topological polar surface area (TPSA) is 0 Å². The highest BCUT2D eigenvalue weighted by Gasteiger charge is 2.18. The van der Waals surface area contributed by atoms with Gasteiger partial charge in [0.1, 0.15) is 0 Å². The van der Waals surface area contributed by atoms with Crippen molar-refractivity contribution in [3.63, 3.8) is 0 Å². The molecule has 0 aliphatic carbocycles. The molecule has 2 aromatic rings. The standard InChI is InChI=1S/C13H18S2/c1-8-7-14-12-10(6-13(3,4)5)9(2)15-11(8)12/h7H,6H2,1-5H3. The third-order valence-corrected chi connectivity index (χ3v) is 5.15. The van der Waals surface area contributed by atoms with Crippen LogP contribution in [0.15, 0.2) is 5.38 Å². The van der Waals surface area contributed by atoms with E-state index in [9.17, 15) is 0 Å². The number of fused-ring (bicyclic) bond motifs is 1. The minimum Gasteiger partial charge on any atom is -0.142 e. The highest BCUT2D eigenvalue weighted by molar-refractivity contribution is 7.27. The van der Waals surface area contributed by atoms with Crippen LogP contribution < -0.4 is 0 Å². The van der Waals surface area contributed by atoms with Crippen LogP contribution in [0.4, 0.5) is 0 Å². The molecule has 0 spiro atoms. The van der Waals surface area contributed by atoms with Crippen molar-refractivity contribution in [2.45, 2.75) is 41.0 Å². The van der Waals surface area contributed by atoms with Crippen molar-refractivity contribution in [3.8, 4) is 0 Å². The van der Waals surface area contributed by atoms with Crippen LogP contribution in [0.1, 0.15) is 36.8 Å². The second kappa shape index (κ2) is 3.60. The molecule has 0 aliphatic heterocycles. The summed E-state index contributed by atoms with van der Waals surface area (Å²) in [5.74, 6) is 0. The summed E-state index contributed by atoms with van der Waals surface area (Å²) in [4.78, 5) is 1.51. The molecule has 0 nitrogen and oxygen atoms in total. The minimum absolute atomic E-state index is 0.386. The molecule has 2 heterocycles. The first kappa shape index (κ1) is 11.2. The Bertz CT molecular complexity index is 480. The Labute approximate surface area is 99.9 Å². The highest BCUT2D eigenvalue weighted by Crippen LogP contribution is 2.40. The number of aryl methyl sites for hydroxylation is 2. The molecule has 0 bridgehead atoms. The van der Waals surface area contributed by atoms with Crippen LogP contribution in [0.25, 0.3) is 9.40 Å². The van der Waals surface area contributed by atoms with E-state index in [1.54, 1.807) is 5.56 Å². The summed E-state index contributed by atoms with van der Waals surface area (Å²) < 4.78 is 3.04. The molecule has 0 saturated carbocycles. The van der Waals surface area contributed by atoms with Crippen molar-refractivity contribution in [1.29, 1.82) is 0 Å². The lowest BCUT2D eigenvalue weighted by Crippen LogP contribution is -2.09. The molecule has 0 unspecified atom stereocenters. The monoisotopic (exact) mass is 238 g/mol. The third-order valence-electron chi connectivity index (χ3n) is 2.58. The molecule has 0 fully saturated rings. The zero-order valence-electron chi connectivity index (χ0n) is 10.1. The Balaban J connectivity index is 2.54. The second-order valence-electron chi connectivity index (χ2n) is 5.45. The van der Waals surface area contributed by atoms with Gasteiger partial charge in [-0.15, -0.1) is 22.7 Å². The van der Waals surface area contributed by atoms with E-state index in [1.807, 2.05) is 22.7 Å². The van der Waals surface area contributed by atoms with Crippen molar-refractivity contribution >= 4 is 32.1 Å². The Morgan fingerprint density at radius 2 is 1.80 bits per heavy atom. The first-order chi connectivity index (χ1) is 6.88. The van der Waals surface area contributed by atoms with E-state index in [0.717, 1.165) is 0 Å². The Morgan fingerprint density at radius 3 is 2.40 bits per heavy atom. The van der Waals surface area contributed by atoms with Crippen LogP contribution in [0.3, 0.4) is 0 Å². The normalized spacial score (nSPS) is 12.6. The fraction of sp³-hybridized carbons (Fsp3) is 0.538. The van der Waals surface area contributed by atoms with E-state index in [4.69, 9.17) is 0 Å². The van der Waals surface area contributed by atoms with Gasteiger partial charge >= 0.3 is 0 Å². The molecule has 15 heavy (non-hydrogen) atoms. The smallest absolute Gasteiger partial charge is 0.0488 e. The predicted octanol–water partition coefficient (Wildman–Crippen LogP) is 5.17. The zero-order valence-corrected chi connectivity index (χ0v) is 11.7. The molecule has 2 rings (SSSR count). The zero-order chi connectivity index (χ0) is 11.2. The van der Waals surface area contributed by atoms with Crippen LogP contribution in [0.2, 0.25) is 0 Å². The molecule has 0 aromatic carbocycles. The summed E-state index contributed by atoms with van der Waals surface area (Å²) in [5, 5.41) is 2.28. The van der Waals surface area contributed by atoms with Gasteiger partial charge in [0, 0.05) is 14.3 Å². The minimum atomic E-state index is 0.386. The molecule has 82 valence electrons. The lowest BCUT2D eigenvalue weighted by molar-refractivity contribution is 0.412. The molecular weight excluding hydrogens is 220 g/mol. The predicted molar refractivity (Wildman–Crippen MR) is 72.3 cm³/mol. The molecule has 0 atom stereocenters. The summed E-state index contributed by atoms with van der Waals surface area (Å²) in [6.45, 7) is 11.4. The van der Waals surface area contributed by atoms with Crippen molar-refractivity contribution in [3.05, 3.63) is 21.4 Å². The average molecular weight is 238 g/mol. The van der Waals surface area contributed by atoms with Gasteiger partial charge in [-0.05, 0) is 42.2 Å². The first-order valence-electron chi connectivity index (χ1n) is 5.34. The van der Waals surface area contributed by atoms with Crippen LogP contribution >= 0.6 is 22.7 Å². The van der Waals surface area contributed by atoms with Gasteiger partial charge in [0.2, 0.25) is 0 Å². The van der Waals surface area contributed by atoms with Gasteiger partial charge in [0.05, 0.1) is 0 Å². The van der Waals surface area contributed by atoms with Crippen molar-refractivity contribution in [1.82, 2.24) is 0 Å². The summed E-state index contributed by atoms with van der Waals surface area (Å²) >= 11 is 3.88. The SMILES string of the molecule is Cc1sc2c(C)csc2c1CC(C)(C)C. The van der Waals surface area contributed by atoms with Crippen LogP contribution in [-0.4, -0.2) is 0 Å². The Morgan fingerprint density at radius 1 is 1.13 bits per heavy atom. The average Bonchev–Trinajstić information content (AvgIpc) is 2.55. The van der Waals surface area contributed by atoms with Gasteiger partial charge in [-0.25, -0.2) is 0 Å². The highest BCUT2D eigenvalue weighted by atomic mass is 32.1. The fourth-order valence-electron chi connectivity index (χ4n) is 1.88. The molecule has 0 N–H and O–H groups in total. The van der Waals surface area contributed by atoms with Gasteiger partial charge in [0.25, 0.3) is 0 Å². The maximum Gasteiger partial charge on any atom is 0.0488 e. The van der Waals surface area contributed by atoms with E-state index in [0.29, 0.717) is 5.41 Å². The van der Waals surface area contributed by atoms with E-state index in [1.165, 1.54) is 26.3 Å². The van der Waals surface area contributed by atoms with E-state index in [2.05, 4.69) is 40.0 Å². The van der Waals surface area contributed by atoms with Gasteiger partial charge in [-0.1, -0.05) is 20.8 Å². The summed E-state index contributed by atoms with van der Waals surface area (Å²) in [5.41, 5.74) is 3.42. The van der Waals surface area contributed by atoms with Crippen LogP contribution in [0, 0.1) is 19.3 Å². The molecule has 2 heteroatoms. The lowest BCUT2D eigenvalue weighted by atomic mass is 9.88. The number of hydrogen-bond acceptors (Lipinski definition) is 2. The number of hydrogen-bond donors (Lipinski definition) is 0. The van der Waals surface area contributed by atoms with Gasteiger partial charge in [0.15, 0.2) is 0 Å². The molecule has 0 amide bonds. The largest absolute Gasteiger partial charge is 0.142 e. The maximum absolute atomic E-state index is 2.32. The molecule has 2 aromatic heterocycles. The fourth-order valence-corrected chi connectivity index (χ4v) is 4.37. The van der Waals surface area contributed by atoms with Crippen molar-refractivity contribution in [2.75, 3.05) is 0 Å². The molecule has 0 saturated heterocycles. The number of thiophene rings is 2. The first-order valence-corrected chi connectivity index (χ1v) is 7.04. The maximum atomic E-state index is 2.32. The Kier molecular flexibility index (Phi) is 2.68. The molecular formula is C13H18S2. The third kappa shape index (κ3) is 2.11. The summed E-state index contributed by atoms with van der Waals surface area (Å²) in [6, 6.07) is 0. The Hall–Kier alpha value is -0.340. The van der Waals surface area contributed by atoms with E-state index >= 15 is 0 Å². The quantitative estimate of drug-likeness (QED) is 0.643. The van der Waals surface area contributed by atoms with Crippen LogP contribution in [-0.2, 0) is 6.42 Å². The van der Waals surface area contributed by atoms with Gasteiger partial charge in [-0.2, -0.15) is 0 Å². The van der Waals surface area contributed by atoms with Crippen LogP contribution in [0.5, 0.6) is 0 Å². The second-order valence-corrected chi connectivity index (χ2v) is 7.56. The van der Waals surface area contributed by atoms with Gasteiger partial charge < -0.3 is 0 Å². The van der Waals surface area contributed by atoms with Crippen molar-refractivity contribution in [2.24, 2.45) is 5.41 Å². The van der Waals surface area contributed by atoms with E-state index < -0.39 is 0 Å². The summed E-state index contributed by atoms with van der Waals surface area (Å²) in [7, 11) is 0.